The minimum atomic E-state index is -0.975. The number of benzene rings is 3. The number of carbonyl (C=O) groups excluding carboxylic acids is 3. The van der Waals surface area contributed by atoms with E-state index in [9.17, 15) is 14.4 Å². The number of anilines is 2. The largest absolute Gasteiger partial charge is 0.435 e. The minimum Gasteiger partial charge on any atom is -0.435 e. The Balaban J connectivity index is 1.17. The second-order valence-corrected chi connectivity index (χ2v) is 11.6. The number of ether oxygens (including phenoxy) is 1. The van der Waals surface area contributed by atoms with Gasteiger partial charge in [-0.05, 0) is 84.0 Å². The molecule has 3 amide bonds. The fourth-order valence-electron chi connectivity index (χ4n) is 5.95. The van der Waals surface area contributed by atoms with Crippen molar-refractivity contribution in [3.63, 3.8) is 0 Å². The van der Waals surface area contributed by atoms with E-state index in [0.29, 0.717) is 30.6 Å². The Kier molecular flexibility index (Phi) is 7.52. The predicted octanol–water partition coefficient (Wildman–Crippen LogP) is 6.11. The second kappa shape index (κ2) is 11.4. The van der Waals surface area contributed by atoms with Crippen LogP contribution in [0.4, 0.5) is 16.2 Å². The van der Waals surface area contributed by atoms with Crippen molar-refractivity contribution in [2.45, 2.75) is 50.3 Å². The van der Waals surface area contributed by atoms with Gasteiger partial charge >= 0.3 is 6.09 Å². The monoisotopic (exact) mass is 576 g/mol. The number of alkyl carbamates (subject to hydrolysis) is 1. The van der Waals surface area contributed by atoms with Crippen LogP contribution in [0, 0.1) is 0 Å². The quantitative estimate of drug-likeness (QED) is 0.281. The molecule has 2 aliphatic carbocycles. The number of rotatable bonds is 8. The number of fused-ring (bicyclic) bond motifs is 1. The average molecular weight is 577 g/mol. The smallest absolute Gasteiger partial charge is 0.409 e. The molecule has 3 aromatic carbocycles. The van der Waals surface area contributed by atoms with Crippen LogP contribution in [0.3, 0.4) is 0 Å². The summed E-state index contributed by atoms with van der Waals surface area (Å²) < 4.78 is 5.44. The van der Waals surface area contributed by atoms with Gasteiger partial charge in [-0.3, -0.25) is 9.59 Å². The number of amides is 3. The molecule has 0 spiro atoms. The van der Waals surface area contributed by atoms with Crippen LogP contribution >= 0.6 is 0 Å². The van der Waals surface area contributed by atoms with Crippen molar-refractivity contribution in [1.82, 2.24) is 10.2 Å². The molecule has 1 fully saturated rings. The molecule has 3 atom stereocenters. The maximum Gasteiger partial charge on any atom is 0.409 e. The van der Waals surface area contributed by atoms with Crippen molar-refractivity contribution in [3.8, 4) is 0 Å². The average Bonchev–Trinajstić information content (AvgIpc) is 3.39. The van der Waals surface area contributed by atoms with Gasteiger partial charge in [0.25, 0.3) is 5.91 Å². The number of nitrogens with one attached hydrogen (secondary N) is 3. The first kappa shape index (κ1) is 28.3. The Hall–Kier alpha value is -4.85. The standard InChI is InChI=1S/C35H36N4O4/c1-22-28-16-15-27(20-25(28)21-29(22)23-11-13-26(36-3)14-12-23)37-32(40)30-10-7-19-39(30)33(41)31(24-8-5-4-6-9-24)38-34(42)43-35(2)17-18-35/h4-6,8-9,11-18,20-22,30-31,36H,7,10,19H2,1-3H3,(H,37,40)(H,38,42). The lowest BCUT2D eigenvalue weighted by Gasteiger charge is -2.29. The summed E-state index contributed by atoms with van der Waals surface area (Å²) in [4.78, 5) is 41.7. The third-order valence-electron chi connectivity index (χ3n) is 8.53. The lowest BCUT2D eigenvalue weighted by atomic mass is 9.93. The Morgan fingerprint density at radius 3 is 2.40 bits per heavy atom. The number of hydrogen-bond donors (Lipinski definition) is 3. The van der Waals surface area contributed by atoms with Gasteiger partial charge in [0.1, 0.15) is 17.7 Å². The molecule has 1 aliphatic heterocycles. The maximum absolute atomic E-state index is 13.9. The fourth-order valence-corrected chi connectivity index (χ4v) is 5.95. The molecule has 220 valence electrons. The highest BCUT2D eigenvalue weighted by molar-refractivity contribution is 6.00. The van der Waals surface area contributed by atoms with Gasteiger partial charge in [0.2, 0.25) is 5.91 Å². The summed E-state index contributed by atoms with van der Waals surface area (Å²) in [6, 6.07) is 21.8. The van der Waals surface area contributed by atoms with E-state index in [1.54, 1.807) is 36.1 Å². The first-order valence-corrected chi connectivity index (χ1v) is 14.7. The topological polar surface area (TPSA) is 99.8 Å². The van der Waals surface area contributed by atoms with E-state index < -0.39 is 23.8 Å². The minimum absolute atomic E-state index is 0.232. The van der Waals surface area contributed by atoms with E-state index in [-0.39, 0.29) is 17.7 Å². The maximum atomic E-state index is 13.9. The highest BCUT2D eigenvalue weighted by atomic mass is 16.6. The van der Waals surface area contributed by atoms with Gasteiger partial charge in [-0.25, -0.2) is 4.79 Å². The Morgan fingerprint density at radius 2 is 1.70 bits per heavy atom. The zero-order valence-electron chi connectivity index (χ0n) is 24.6. The van der Waals surface area contributed by atoms with Crippen LogP contribution < -0.4 is 16.0 Å². The molecule has 0 saturated carbocycles. The third-order valence-corrected chi connectivity index (χ3v) is 8.53. The number of hydrogen-bond acceptors (Lipinski definition) is 5. The zero-order valence-corrected chi connectivity index (χ0v) is 24.6. The van der Waals surface area contributed by atoms with Gasteiger partial charge in [0, 0.05) is 30.9 Å². The number of allylic oxidation sites excluding steroid dienone is 1. The molecule has 0 bridgehead atoms. The normalized spacial score (nSPS) is 20.1. The summed E-state index contributed by atoms with van der Waals surface area (Å²) >= 11 is 0. The fraction of sp³-hybridized carbons (Fsp3) is 0.286. The molecular weight excluding hydrogens is 540 g/mol. The van der Waals surface area contributed by atoms with Crippen LogP contribution in [-0.4, -0.2) is 48.0 Å². The molecule has 6 rings (SSSR count). The molecule has 3 aromatic rings. The van der Waals surface area contributed by atoms with Crippen LogP contribution in [0.2, 0.25) is 0 Å². The van der Waals surface area contributed by atoms with E-state index in [1.165, 1.54) is 16.7 Å². The van der Waals surface area contributed by atoms with Crippen molar-refractivity contribution in [2.24, 2.45) is 0 Å². The van der Waals surface area contributed by atoms with E-state index in [4.69, 9.17) is 4.74 Å². The molecule has 0 aromatic heterocycles. The summed E-state index contributed by atoms with van der Waals surface area (Å²) in [7, 11) is 1.90. The van der Waals surface area contributed by atoms with Gasteiger partial charge in [-0.2, -0.15) is 0 Å². The highest BCUT2D eigenvalue weighted by Gasteiger charge is 2.40. The number of nitrogens with zero attached hydrogens (tertiary/aromatic N) is 1. The van der Waals surface area contributed by atoms with Gasteiger partial charge in [-0.15, -0.1) is 0 Å². The Bertz CT molecular complexity index is 1610. The molecule has 1 saturated heterocycles. The lowest BCUT2D eigenvalue weighted by Crippen LogP contribution is -2.49. The van der Waals surface area contributed by atoms with Crippen LogP contribution in [0.25, 0.3) is 11.6 Å². The summed E-state index contributed by atoms with van der Waals surface area (Å²) in [5.74, 6) is -0.349. The van der Waals surface area contributed by atoms with Crippen molar-refractivity contribution < 1.29 is 19.1 Å². The molecule has 43 heavy (non-hydrogen) atoms. The second-order valence-electron chi connectivity index (χ2n) is 11.6. The van der Waals surface area contributed by atoms with E-state index >= 15 is 0 Å². The van der Waals surface area contributed by atoms with Gasteiger partial charge in [0.05, 0.1) is 0 Å². The summed E-state index contributed by atoms with van der Waals surface area (Å²) in [6.07, 6.45) is 6.27. The first-order chi connectivity index (χ1) is 20.7. The van der Waals surface area contributed by atoms with Crippen molar-refractivity contribution >= 4 is 40.9 Å². The summed E-state index contributed by atoms with van der Waals surface area (Å²) in [5.41, 5.74) is 6.34. The molecule has 3 unspecified atom stereocenters. The summed E-state index contributed by atoms with van der Waals surface area (Å²) in [5, 5.41) is 8.94. The predicted molar refractivity (Wildman–Crippen MR) is 168 cm³/mol. The van der Waals surface area contributed by atoms with Gasteiger partial charge in [-0.1, -0.05) is 61.5 Å². The zero-order chi connectivity index (χ0) is 30.1. The van der Waals surface area contributed by atoms with Crippen molar-refractivity contribution in [2.75, 3.05) is 24.2 Å². The molecule has 3 aliphatic rings. The molecule has 0 radical (unpaired) electrons. The molecular formula is C35H36N4O4. The van der Waals surface area contributed by atoms with Crippen LogP contribution in [0.15, 0.2) is 84.9 Å². The van der Waals surface area contributed by atoms with E-state index in [2.05, 4.69) is 59.3 Å². The first-order valence-electron chi connectivity index (χ1n) is 14.7. The highest BCUT2D eigenvalue weighted by Crippen LogP contribution is 2.42. The molecule has 8 heteroatoms. The van der Waals surface area contributed by atoms with Crippen molar-refractivity contribution in [1.29, 1.82) is 0 Å². The Labute approximate surface area is 251 Å². The molecule has 3 N–H and O–H groups in total. The molecule has 8 nitrogen and oxygen atoms in total. The Morgan fingerprint density at radius 1 is 0.977 bits per heavy atom. The number of likely N-dealkylation sites (tertiary alicyclic amines) is 1. The van der Waals surface area contributed by atoms with Crippen LogP contribution in [-0.2, 0) is 14.3 Å². The van der Waals surface area contributed by atoms with E-state index in [0.717, 1.165) is 11.3 Å². The van der Waals surface area contributed by atoms with E-state index in [1.807, 2.05) is 37.4 Å². The third kappa shape index (κ3) is 5.91. The SMILES string of the molecule is CNc1ccc(C2=Cc3cc(NC(=O)C4CCCN4C(=O)C(NC(=O)OC4(C)C=C4)c4ccccc4)ccc3C2C)cc1. The van der Waals surface area contributed by atoms with Gasteiger partial charge < -0.3 is 25.6 Å². The number of carbonyl (C=O) groups is 3. The summed E-state index contributed by atoms with van der Waals surface area (Å²) in [6.45, 7) is 4.39. The molecule has 1 heterocycles. The lowest BCUT2D eigenvalue weighted by molar-refractivity contribution is -0.138. The van der Waals surface area contributed by atoms with Crippen LogP contribution in [0.5, 0.6) is 0 Å². The van der Waals surface area contributed by atoms with Crippen LogP contribution in [0.1, 0.15) is 60.9 Å². The van der Waals surface area contributed by atoms with Crippen molar-refractivity contribution in [3.05, 3.63) is 107 Å². The van der Waals surface area contributed by atoms with Gasteiger partial charge in [0.15, 0.2) is 0 Å².